The Balaban J connectivity index is 3.08. The molecular weight excluding hydrogens is 138 g/mol. The van der Waals surface area contributed by atoms with Crippen LogP contribution in [-0.4, -0.2) is 9.68 Å². The topological polar surface area (TPSA) is 26.0 Å². The third-order valence-corrected chi connectivity index (χ3v) is 2.10. The van der Waals surface area contributed by atoms with Crippen molar-refractivity contribution >= 4 is 20.9 Å². The van der Waals surface area contributed by atoms with Gasteiger partial charge in [-0.05, 0) is 10.8 Å². The summed E-state index contributed by atoms with van der Waals surface area (Å²) in [4.78, 5) is 0. The van der Waals surface area contributed by atoms with Crippen molar-refractivity contribution in [3.05, 3.63) is 36.4 Å². The molecular formula is C8H9NSi. The summed E-state index contributed by atoms with van der Waals surface area (Å²) in [7, 11) is 0.364. The Morgan fingerprint density at radius 1 is 1.40 bits per heavy atom. The van der Waals surface area contributed by atoms with Crippen LogP contribution in [0.2, 0.25) is 0 Å². The quantitative estimate of drug-likeness (QED) is 0.607. The summed E-state index contributed by atoms with van der Waals surface area (Å²) in [5.41, 5.74) is 1.14. The molecule has 0 aliphatic rings. The zero-order valence-corrected chi connectivity index (χ0v) is 6.67. The van der Waals surface area contributed by atoms with E-state index in [0.717, 1.165) is 5.56 Å². The lowest BCUT2D eigenvalue weighted by Crippen LogP contribution is -2.24. The van der Waals surface area contributed by atoms with Gasteiger partial charge in [0.15, 0.2) is 9.68 Å². The van der Waals surface area contributed by atoms with Crippen LogP contribution < -0.4 is 10.6 Å². The molecule has 0 amide bonds. The molecule has 2 radical (unpaired) electrons. The van der Waals surface area contributed by atoms with Crippen LogP contribution in [0.25, 0.3) is 6.08 Å². The second kappa shape index (κ2) is 3.34. The van der Waals surface area contributed by atoms with Gasteiger partial charge in [0.25, 0.3) is 0 Å². The number of benzene rings is 1. The summed E-state index contributed by atoms with van der Waals surface area (Å²) in [6.07, 6.45) is 1.83. The fourth-order valence-corrected chi connectivity index (χ4v) is 1.35. The number of hydrogen-bond donors (Lipinski definition) is 1. The molecule has 50 valence electrons. The van der Waals surface area contributed by atoms with Crippen molar-refractivity contribution in [2.45, 2.75) is 0 Å². The molecule has 1 aromatic carbocycles. The summed E-state index contributed by atoms with van der Waals surface area (Å²) in [5.74, 6) is 0. The molecule has 0 unspecified atom stereocenters. The van der Waals surface area contributed by atoms with Crippen molar-refractivity contribution in [1.29, 1.82) is 0 Å². The Hall–Kier alpha value is -0.863. The molecule has 0 spiro atoms. The van der Waals surface area contributed by atoms with Gasteiger partial charge in [-0.1, -0.05) is 36.9 Å². The van der Waals surface area contributed by atoms with Crippen LogP contribution in [0.15, 0.2) is 30.8 Å². The Kier molecular flexibility index (Phi) is 2.42. The fourth-order valence-electron chi connectivity index (χ4n) is 0.806. The van der Waals surface area contributed by atoms with E-state index in [4.69, 9.17) is 5.40 Å². The Labute approximate surface area is 63.5 Å². The van der Waals surface area contributed by atoms with Gasteiger partial charge >= 0.3 is 0 Å². The molecule has 2 heteroatoms. The smallest absolute Gasteiger partial charge is 0.177 e. The van der Waals surface area contributed by atoms with Crippen LogP contribution in [0.5, 0.6) is 0 Å². The molecule has 0 bridgehead atoms. The minimum Gasteiger partial charge on any atom is -0.349 e. The molecule has 0 heterocycles. The summed E-state index contributed by atoms with van der Waals surface area (Å²) in [6.45, 7) is 3.69. The summed E-state index contributed by atoms with van der Waals surface area (Å²) in [5, 5.41) is 6.68. The SMILES string of the molecule is C=Cc1ccccc1[Si]N. The van der Waals surface area contributed by atoms with Crippen LogP contribution in [0, 0.1) is 0 Å². The second-order valence-electron chi connectivity index (χ2n) is 1.94. The highest BCUT2D eigenvalue weighted by atomic mass is 28.2. The normalized spacial score (nSPS) is 9.30. The highest BCUT2D eigenvalue weighted by Crippen LogP contribution is 1.94. The van der Waals surface area contributed by atoms with Gasteiger partial charge in [-0.25, -0.2) is 0 Å². The van der Waals surface area contributed by atoms with E-state index in [1.54, 1.807) is 0 Å². The molecule has 2 N–H and O–H groups in total. The number of nitrogens with two attached hydrogens (primary N) is 1. The highest BCUT2D eigenvalue weighted by Gasteiger charge is 1.93. The third-order valence-electron chi connectivity index (χ3n) is 1.34. The first-order valence-electron chi connectivity index (χ1n) is 3.06. The monoisotopic (exact) mass is 147 g/mol. The minimum absolute atomic E-state index is 0.364. The van der Waals surface area contributed by atoms with Crippen LogP contribution in [0.1, 0.15) is 5.56 Å². The average molecular weight is 147 g/mol. The molecule has 0 saturated carbocycles. The molecule has 0 fully saturated rings. The van der Waals surface area contributed by atoms with Crippen LogP contribution in [0.4, 0.5) is 0 Å². The Morgan fingerprint density at radius 2 is 2.10 bits per heavy atom. The van der Waals surface area contributed by atoms with Gasteiger partial charge in [-0.3, -0.25) is 0 Å². The van der Waals surface area contributed by atoms with E-state index in [1.807, 2.05) is 30.3 Å². The van der Waals surface area contributed by atoms with Gasteiger partial charge in [0.1, 0.15) is 0 Å². The molecule has 1 nitrogen and oxygen atoms in total. The van der Waals surface area contributed by atoms with Gasteiger partial charge in [0.2, 0.25) is 0 Å². The van der Waals surface area contributed by atoms with Crippen LogP contribution >= 0.6 is 0 Å². The van der Waals surface area contributed by atoms with E-state index in [1.165, 1.54) is 5.19 Å². The van der Waals surface area contributed by atoms with Crippen LogP contribution in [0.3, 0.4) is 0 Å². The second-order valence-corrected chi connectivity index (χ2v) is 2.76. The Morgan fingerprint density at radius 3 is 2.60 bits per heavy atom. The number of hydrogen-bond acceptors (Lipinski definition) is 1. The summed E-state index contributed by atoms with van der Waals surface area (Å²) < 4.78 is 0. The molecule has 0 aromatic heterocycles. The van der Waals surface area contributed by atoms with Gasteiger partial charge in [-0.2, -0.15) is 0 Å². The molecule has 1 rings (SSSR count). The van der Waals surface area contributed by atoms with E-state index in [-0.39, 0.29) is 0 Å². The standard InChI is InChI=1S/C8H9NSi/c1-2-7-5-3-4-6-8(7)10-9/h2-6H,1,9H2. The van der Waals surface area contributed by atoms with E-state index >= 15 is 0 Å². The minimum atomic E-state index is 0.364. The van der Waals surface area contributed by atoms with Crippen molar-refractivity contribution in [3.63, 3.8) is 0 Å². The van der Waals surface area contributed by atoms with Crippen molar-refractivity contribution in [3.8, 4) is 0 Å². The van der Waals surface area contributed by atoms with Gasteiger partial charge in [0, 0.05) is 0 Å². The third kappa shape index (κ3) is 1.34. The fraction of sp³-hybridized carbons (Fsp3) is 0. The first-order chi connectivity index (χ1) is 4.88. The maximum Gasteiger partial charge on any atom is 0.177 e. The molecule has 0 saturated heterocycles. The average Bonchev–Trinajstić information content (AvgIpc) is 2.04. The molecule has 0 aliphatic carbocycles. The Bertz CT molecular complexity index is 232. The first kappa shape index (κ1) is 7.25. The molecule has 0 atom stereocenters. The van der Waals surface area contributed by atoms with E-state index in [0.29, 0.717) is 9.68 Å². The van der Waals surface area contributed by atoms with Crippen molar-refractivity contribution < 1.29 is 0 Å². The maximum atomic E-state index is 5.51. The largest absolute Gasteiger partial charge is 0.349 e. The van der Waals surface area contributed by atoms with E-state index in [2.05, 4.69) is 6.58 Å². The zero-order chi connectivity index (χ0) is 7.40. The van der Waals surface area contributed by atoms with Crippen molar-refractivity contribution in [2.24, 2.45) is 5.40 Å². The van der Waals surface area contributed by atoms with E-state index < -0.39 is 0 Å². The zero-order valence-electron chi connectivity index (χ0n) is 5.67. The summed E-state index contributed by atoms with van der Waals surface area (Å²) in [6, 6.07) is 8.01. The first-order valence-corrected chi connectivity index (χ1v) is 4.14. The molecule has 10 heavy (non-hydrogen) atoms. The lowest BCUT2D eigenvalue weighted by atomic mass is 10.2. The predicted octanol–water partition coefficient (Wildman–Crippen LogP) is 0.533. The number of rotatable bonds is 2. The van der Waals surface area contributed by atoms with Crippen LogP contribution in [-0.2, 0) is 0 Å². The van der Waals surface area contributed by atoms with Gasteiger partial charge in [-0.15, -0.1) is 0 Å². The maximum absolute atomic E-state index is 5.51. The van der Waals surface area contributed by atoms with Crippen molar-refractivity contribution in [1.82, 2.24) is 0 Å². The molecule has 0 aliphatic heterocycles. The van der Waals surface area contributed by atoms with Crippen molar-refractivity contribution in [2.75, 3.05) is 0 Å². The van der Waals surface area contributed by atoms with Gasteiger partial charge in [0.05, 0.1) is 0 Å². The van der Waals surface area contributed by atoms with Gasteiger partial charge < -0.3 is 5.40 Å². The highest BCUT2D eigenvalue weighted by molar-refractivity contribution is 6.51. The lowest BCUT2D eigenvalue weighted by molar-refractivity contribution is 1.70. The summed E-state index contributed by atoms with van der Waals surface area (Å²) >= 11 is 0. The molecule has 1 aromatic rings. The lowest BCUT2D eigenvalue weighted by Gasteiger charge is -1.98. The van der Waals surface area contributed by atoms with E-state index in [9.17, 15) is 0 Å². The predicted molar refractivity (Wildman–Crippen MR) is 46.1 cm³/mol.